The molecule has 0 aliphatic carbocycles. The molecule has 1 aliphatic heterocycles. The first-order valence-corrected chi connectivity index (χ1v) is 6.15. The number of rotatable bonds is 3. The zero-order valence-corrected chi connectivity index (χ0v) is 12.0. The van der Waals surface area contributed by atoms with Crippen LogP contribution >= 0.6 is 0 Å². The van der Waals surface area contributed by atoms with Crippen LogP contribution in [0.3, 0.4) is 0 Å². The van der Waals surface area contributed by atoms with Gasteiger partial charge in [-0.2, -0.15) is 0 Å². The van der Waals surface area contributed by atoms with Crippen molar-refractivity contribution in [3.05, 3.63) is 12.3 Å². The largest absolute Gasteiger partial charge is 0.377 e. The molecule has 1 aliphatic rings. The Kier molecular flexibility index (Phi) is 12.2. The van der Waals surface area contributed by atoms with Gasteiger partial charge in [-0.3, -0.25) is 0 Å². The Hall–Kier alpha value is -0.540. The van der Waals surface area contributed by atoms with Gasteiger partial charge in [0.2, 0.25) is 0 Å². The van der Waals surface area contributed by atoms with E-state index in [1.54, 1.807) is 14.2 Å². The summed E-state index contributed by atoms with van der Waals surface area (Å²) in [4.78, 5) is 2.18. The van der Waals surface area contributed by atoms with Gasteiger partial charge in [-0.05, 0) is 6.92 Å². The summed E-state index contributed by atoms with van der Waals surface area (Å²) in [5, 5.41) is 0. The molecule has 16 heavy (non-hydrogen) atoms. The monoisotopic (exact) mass is 231 g/mol. The lowest BCUT2D eigenvalue weighted by atomic mass is 10.3. The molecule has 0 amide bonds. The standard InChI is InChI=1S/C9H17NO2.2C2H6/c1-7(2)10-5-8(11-3)9(6-10)12-4;2*1-2/h8-9H,1,5-6H2,2-4H3;2*1-2H3. The number of nitrogens with zero attached hydrogens (tertiary/aromatic N) is 1. The van der Waals surface area contributed by atoms with Gasteiger partial charge in [0.25, 0.3) is 0 Å². The summed E-state index contributed by atoms with van der Waals surface area (Å²) in [6.45, 7) is 15.7. The van der Waals surface area contributed by atoms with Crippen molar-refractivity contribution in [2.45, 2.75) is 46.8 Å². The molecule has 1 fully saturated rings. The van der Waals surface area contributed by atoms with Crippen molar-refractivity contribution in [1.29, 1.82) is 0 Å². The van der Waals surface area contributed by atoms with Crippen molar-refractivity contribution in [3.63, 3.8) is 0 Å². The first-order valence-electron chi connectivity index (χ1n) is 6.15. The van der Waals surface area contributed by atoms with Crippen LogP contribution in [0.5, 0.6) is 0 Å². The number of hydrogen-bond donors (Lipinski definition) is 0. The Balaban J connectivity index is 0. The smallest absolute Gasteiger partial charge is 0.102 e. The molecule has 0 bridgehead atoms. The lowest BCUT2D eigenvalue weighted by Gasteiger charge is -2.16. The van der Waals surface area contributed by atoms with E-state index in [4.69, 9.17) is 9.47 Å². The highest BCUT2D eigenvalue weighted by Crippen LogP contribution is 2.18. The van der Waals surface area contributed by atoms with Crippen LogP contribution in [0.25, 0.3) is 0 Å². The molecule has 2 unspecified atom stereocenters. The van der Waals surface area contributed by atoms with E-state index in [0.29, 0.717) is 0 Å². The molecule has 1 heterocycles. The van der Waals surface area contributed by atoms with Crippen LogP contribution in [0.2, 0.25) is 0 Å². The topological polar surface area (TPSA) is 21.7 Å². The number of methoxy groups -OCH3 is 2. The van der Waals surface area contributed by atoms with E-state index >= 15 is 0 Å². The highest BCUT2D eigenvalue weighted by molar-refractivity contribution is 4.98. The molecule has 0 spiro atoms. The Morgan fingerprint density at radius 3 is 1.50 bits per heavy atom. The zero-order valence-electron chi connectivity index (χ0n) is 12.0. The minimum atomic E-state index is 0.187. The third kappa shape index (κ3) is 5.52. The van der Waals surface area contributed by atoms with Crippen molar-refractivity contribution in [1.82, 2.24) is 4.90 Å². The van der Waals surface area contributed by atoms with E-state index in [1.165, 1.54) is 0 Å². The third-order valence-electron chi connectivity index (χ3n) is 2.36. The van der Waals surface area contributed by atoms with Gasteiger partial charge in [0.15, 0.2) is 0 Å². The normalized spacial score (nSPS) is 22.8. The fraction of sp³-hybridized carbons (Fsp3) is 0.846. The molecule has 0 saturated carbocycles. The van der Waals surface area contributed by atoms with Crippen LogP contribution in [-0.2, 0) is 9.47 Å². The van der Waals surface area contributed by atoms with Crippen molar-refractivity contribution < 1.29 is 9.47 Å². The number of ether oxygens (including phenoxy) is 2. The van der Waals surface area contributed by atoms with Crippen LogP contribution in [0, 0.1) is 0 Å². The van der Waals surface area contributed by atoms with E-state index in [9.17, 15) is 0 Å². The second kappa shape index (κ2) is 11.0. The second-order valence-corrected chi connectivity index (χ2v) is 3.19. The van der Waals surface area contributed by atoms with Gasteiger partial charge in [0.05, 0.1) is 0 Å². The van der Waals surface area contributed by atoms with Gasteiger partial charge < -0.3 is 14.4 Å². The molecule has 0 aromatic rings. The zero-order chi connectivity index (χ0) is 13.1. The van der Waals surface area contributed by atoms with Crippen LogP contribution in [-0.4, -0.2) is 44.4 Å². The number of hydrogen-bond acceptors (Lipinski definition) is 3. The van der Waals surface area contributed by atoms with Gasteiger partial charge in [-0.1, -0.05) is 34.3 Å². The average molecular weight is 231 g/mol. The Labute approximate surface area is 101 Å². The Morgan fingerprint density at radius 1 is 1.00 bits per heavy atom. The third-order valence-corrected chi connectivity index (χ3v) is 2.36. The van der Waals surface area contributed by atoms with Gasteiger partial charge in [0, 0.05) is 33.0 Å². The number of allylic oxidation sites excluding steroid dienone is 1. The second-order valence-electron chi connectivity index (χ2n) is 3.19. The molecule has 0 N–H and O–H groups in total. The molecular formula is C13H29NO2. The van der Waals surface area contributed by atoms with E-state index in [-0.39, 0.29) is 12.2 Å². The average Bonchev–Trinajstić information content (AvgIpc) is 2.77. The quantitative estimate of drug-likeness (QED) is 0.745. The van der Waals surface area contributed by atoms with Crippen molar-refractivity contribution in [2.24, 2.45) is 0 Å². The van der Waals surface area contributed by atoms with Gasteiger partial charge in [0.1, 0.15) is 12.2 Å². The molecule has 3 nitrogen and oxygen atoms in total. The molecule has 2 atom stereocenters. The van der Waals surface area contributed by atoms with E-state index in [0.717, 1.165) is 18.8 Å². The lowest BCUT2D eigenvalue weighted by Crippen LogP contribution is -2.27. The van der Waals surface area contributed by atoms with Crippen LogP contribution in [0.4, 0.5) is 0 Å². The van der Waals surface area contributed by atoms with Crippen molar-refractivity contribution in [2.75, 3.05) is 27.3 Å². The first kappa shape index (κ1) is 17.8. The highest BCUT2D eigenvalue weighted by Gasteiger charge is 2.32. The maximum atomic E-state index is 5.29. The molecule has 3 heteroatoms. The predicted molar refractivity (Wildman–Crippen MR) is 70.7 cm³/mol. The molecule has 0 aromatic heterocycles. The minimum absolute atomic E-state index is 0.187. The summed E-state index contributed by atoms with van der Waals surface area (Å²) in [6, 6.07) is 0. The maximum absolute atomic E-state index is 5.29. The molecule has 0 aromatic carbocycles. The van der Waals surface area contributed by atoms with Crippen molar-refractivity contribution >= 4 is 0 Å². The predicted octanol–water partition coefficient (Wildman–Crippen LogP) is 2.92. The molecule has 1 rings (SSSR count). The Bertz CT molecular complexity index is 159. The van der Waals surface area contributed by atoms with E-state index in [2.05, 4.69) is 11.5 Å². The highest BCUT2D eigenvalue weighted by atomic mass is 16.5. The minimum Gasteiger partial charge on any atom is -0.377 e. The summed E-state index contributed by atoms with van der Waals surface area (Å²) in [5.74, 6) is 0. The molecular weight excluding hydrogens is 202 g/mol. The van der Waals surface area contributed by atoms with Crippen LogP contribution in [0.1, 0.15) is 34.6 Å². The molecule has 98 valence electrons. The molecule has 1 saturated heterocycles. The van der Waals surface area contributed by atoms with Crippen LogP contribution in [0.15, 0.2) is 12.3 Å². The van der Waals surface area contributed by atoms with Crippen LogP contribution < -0.4 is 0 Å². The van der Waals surface area contributed by atoms with E-state index < -0.39 is 0 Å². The maximum Gasteiger partial charge on any atom is 0.102 e. The summed E-state index contributed by atoms with van der Waals surface area (Å²) in [6.07, 6.45) is 0.374. The fourth-order valence-corrected chi connectivity index (χ4v) is 1.51. The van der Waals surface area contributed by atoms with E-state index in [1.807, 2.05) is 34.6 Å². The molecule has 0 radical (unpaired) electrons. The fourth-order valence-electron chi connectivity index (χ4n) is 1.51. The van der Waals surface area contributed by atoms with Crippen molar-refractivity contribution in [3.8, 4) is 0 Å². The Morgan fingerprint density at radius 2 is 1.31 bits per heavy atom. The van der Waals surface area contributed by atoms with Gasteiger partial charge >= 0.3 is 0 Å². The van der Waals surface area contributed by atoms with Gasteiger partial charge in [-0.15, -0.1) is 0 Å². The SMILES string of the molecule is C=C(C)N1CC(OC)C(OC)C1.CC.CC. The van der Waals surface area contributed by atoms with Gasteiger partial charge in [-0.25, -0.2) is 0 Å². The lowest BCUT2D eigenvalue weighted by molar-refractivity contribution is -0.00461. The number of likely N-dealkylation sites (tertiary alicyclic amines) is 1. The summed E-state index contributed by atoms with van der Waals surface area (Å²) in [7, 11) is 3.44. The summed E-state index contributed by atoms with van der Waals surface area (Å²) >= 11 is 0. The first-order chi connectivity index (χ1) is 7.69. The summed E-state index contributed by atoms with van der Waals surface area (Å²) < 4.78 is 10.6. The summed E-state index contributed by atoms with van der Waals surface area (Å²) in [5.41, 5.74) is 1.08.